The number of aromatic amines is 1. The number of phenols is 1. The lowest BCUT2D eigenvalue weighted by molar-refractivity contribution is 0.101. The van der Waals surface area contributed by atoms with Gasteiger partial charge in [0, 0.05) is 11.8 Å². The highest BCUT2D eigenvalue weighted by molar-refractivity contribution is 6.01. The number of anilines is 1. The van der Waals surface area contributed by atoms with E-state index in [1.54, 1.807) is 0 Å². The number of nitrogens with one attached hydrogen (secondary N) is 2. The van der Waals surface area contributed by atoms with E-state index in [1.807, 2.05) is 0 Å². The SMILES string of the molecule is O=C(Nc1ccc(O)c(F)c1)c1ncn[nH]1. The second-order valence-electron chi connectivity index (χ2n) is 2.95. The molecule has 0 aliphatic rings. The van der Waals surface area contributed by atoms with Crippen molar-refractivity contribution in [1.82, 2.24) is 15.2 Å². The number of H-pyrrole nitrogens is 1. The first-order chi connectivity index (χ1) is 7.66. The Bertz CT molecular complexity index is 512. The number of hydrogen-bond acceptors (Lipinski definition) is 4. The summed E-state index contributed by atoms with van der Waals surface area (Å²) in [5, 5.41) is 17.2. The third-order valence-electron chi connectivity index (χ3n) is 1.84. The number of hydrogen-bond donors (Lipinski definition) is 3. The molecule has 1 aromatic carbocycles. The van der Waals surface area contributed by atoms with E-state index in [9.17, 15) is 9.18 Å². The largest absolute Gasteiger partial charge is 0.505 e. The fraction of sp³-hybridized carbons (Fsp3) is 0. The third-order valence-corrected chi connectivity index (χ3v) is 1.84. The van der Waals surface area contributed by atoms with Gasteiger partial charge in [-0.05, 0) is 12.1 Å². The molecule has 2 aromatic rings. The monoisotopic (exact) mass is 222 g/mol. The topological polar surface area (TPSA) is 90.9 Å². The normalized spacial score (nSPS) is 10.1. The molecule has 6 nitrogen and oxygen atoms in total. The van der Waals surface area contributed by atoms with Crippen LogP contribution in [0.15, 0.2) is 24.5 Å². The standard InChI is InChI=1S/C9H7FN4O2/c10-6-3-5(1-2-7(6)15)13-9(16)8-11-4-12-14-8/h1-4,15H,(H,13,16)(H,11,12,14). The Hall–Kier alpha value is -2.44. The van der Waals surface area contributed by atoms with Crippen LogP contribution in [0.5, 0.6) is 5.75 Å². The molecule has 0 fully saturated rings. The van der Waals surface area contributed by atoms with Crippen molar-refractivity contribution in [3.8, 4) is 5.75 Å². The van der Waals surface area contributed by atoms with Crippen molar-refractivity contribution in [2.24, 2.45) is 0 Å². The molecule has 7 heteroatoms. The summed E-state index contributed by atoms with van der Waals surface area (Å²) in [6.07, 6.45) is 1.19. The zero-order valence-electron chi connectivity index (χ0n) is 7.94. The highest BCUT2D eigenvalue weighted by atomic mass is 19.1. The Morgan fingerprint density at radius 1 is 1.50 bits per heavy atom. The van der Waals surface area contributed by atoms with E-state index in [1.165, 1.54) is 12.4 Å². The molecule has 0 radical (unpaired) electrons. The predicted molar refractivity (Wildman–Crippen MR) is 52.4 cm³/mol. The Morgan fingerprint density at radius 3 is 2.94 bits per heavy atom. The maximum atomic E-state index is 12.9. The lowest BCUT2D eigenvalue weighted by Crippen LogP contribution is -2.13. The number of phenolic OH excluding ortho intramolecular Hbond substituents is 1. The highest BCUT2D eigenvalue weighted by Crippen LogP contribution is 2.19. The van der Waals surface area contributed by atoms with Crippen LogP contribution in [-0.2, 0) is 0 Å². The molecular formula is C9H7FN4O2. The van der Waals surface area contributed by atoms with Crippen LogP contribution in [0, 0.1) is 5.82 Å². The lowest BCUT2D eigenvalue weighted by Gasteiger charge is -2.03. The van der Waals surface area contributed by atoms with Crippen LogP contribution in [0.2, 0.25) is 0 Å². The van der Waals surface area contributed by atoms with Crippen LogP contribution in [-0.4, -0.2) is 26.2 Å². The number of amides is 1. The summed E-state index contributed by atoms with van der Waals surface area (Å²) in [6, 6.07) is 3.52. The van der Waals surface area contributed by atoms with Gasteiger partial charge < -0.3 is 10.4 Å². The molecule has 0 saturated heterocycles. The maximum absolute atomic E-state index is 12.9. The smallest absolute Gasteiger partial charge is 0.292 e. The molecule has 1 amide bonds. The van der Waals surface area contributed by atoms with Crippen molar-refractivity contribution < 1.29 is 14.3 Å². The van der Waals surface area contributed by atoms with E-state index >= 15 is 0 Å². The molecule has 2 rings (SSSR count). The second kappa shape index (κ2) is 3.97. The number of benzene rings is 1. The van der Waals surface area contributed by atoms with Gasteiger partial charge in [0.15, 0.2) is 11.6 Å². The number of aromatic hydroxyl groups is 1. The minimum absolute atomic E-state index is 0.0217. The number of halogens is 1. The van der Waals surface area contributed by atoms with Gasteiger partial charge in [-0.2, -0.15) is 5.10 Å². The van der Waals surface area contributed by atoms with Gasteiger partial charge in [-0.3, -0.25) is 9.89 Å². The van der Waals surface area contributed by atoms with Gasteiger partial charge in [0.1, 0.15) is 6.33 Å². The summed E-state index contributed by atoms with van der Waals surface area (Å²) in [6.45, 7) is 0. The molecule has 0 unspecified atom stereocenters. The third kappa shape index (κ3) is 1.97. The number of aromatic nitrogens is 3. The van der Waals surface area contributed by atoms with E-state index in [4.69, 9.17) is 5.11 Å². The number of carbonyl (C=O) groups is 1. The Kier molecular flexibility index (Phi) is 2.50. The van der Waals surface area contributed by atoms with Crippen LogP contribution < -0.4 is 5.32 Å². The summed E-state index contributed by atoms with van der Waals surface area (Å²) in [7, 11) is 0. The van der Waals surface area contributed by atoms with E-state index < -0.39 is 17.5 Å². The molecule has 82 valence electrons. The van der Waals surface area contributed by atoms with Crippen molar-refractivity contribution in [3.63, 3.8) is 0 Å². The van der Waals surface area contributed by atoms with Crippen LogP contribution in [0.4, 0.5) is 10.1 Å². The minimum atomic E-state index is -0.810. The summed E-state index contributed by atoms with van der Waals surface area (Å²) >= 11 is 0. The first-order valence-electron chi connectivity index (χ1n) is 4.32. The molecule has 0 aliphatic carbocycles. The summed E-state index contributed by atoms with van der Waals surface area (Å²) < 4.78 is 12.9. The zero-order valence-corrected chi connectivity index (χ0v) is 7.94. The lowest BCUT2D eigenvalue weighted by atomic mass is 10.3. The van der Waals surface area contributed by atoms with Gasteiger partial charge in [0.05, 0.1) is 0 Å². The Morgan fingerprint density at radius 2 is 2.31 bits per heavy atom. The molecule has 0 aliphatic heterocycles. The Labute approximate surface area is 89.1 Å². The van der Waals surface area contributed by atoms with Crippen LogP contribution in [0.3, 0.4) is 0 Å². The molecule has 16 heavy (non-hydrogen) atoms. The summed E-state index contributed by atoms with van der Waals surface area (Å²) in [5.74, 6) is -1.80. The van der Waals surface area contributed by atoms with Crippen molar-refractivity contribution in [3.05, 3.63) is 36.2 Å². The van der Waals surface area contributed by atoms with Crippen molar-refractivity contribution >= 4 is 11.6 Å². The fourth-order valence-electron chi connectivity index (χ4n) is 1.09. The summed E-state index contributed by atoms with van der Waals surface area (Å²) in [5.41, 5.74) is 0.219. The minimum Gasteiger partial charge on any atom is -0.505 e. The van der Waals surface area contributed by atoms with E-state index in [0.29, 0.717) is 0 Å². The molecule has 0 saturated carbocycles. The zero-order chi connectivity index (χ0) is 11.5. The number of rotatable bonds is 2. The van der Waals surface area contributed by atoms with E-state index in [2.05, 4.69) is 20.5 Å². The molecular weight excluding hydrogens is 215 g/mol. The maximum Gasteiger partial charge on any atom is 0.292 e. The first kappa shape index (κ1) is 10.1. The Balaban J connectivity index is 2.15. The molecule has 0 atom stereocenters. The van der Waals surface area contributed by atoms with Crippen molar-refractivity contribution in [2.45, 2.75) is 0 Å². The number of nitrogens with zero attached hydrogens (tertiary/aromatic N) is 2. The molecule has 1 aromatic heterocycles. The first-order valence-corrected chi connectivity index (χ1v) is 4.32. The quantitative estimate of drug-likeness (QED) is 0.658. The summed E-state index contributed by atoms with van der Waals surface area (Å²) in [4.78, 5) is 15.1. The fourth-order valence-corrected chi connectivity index (χ4v) is 1.09. The van der Waals surface area contributed by atoms with Gasteiger partial charge in [-0.25, -0.2) is 9.37 Å². The van der Waals surface area contributed by atoms with Gasteiger partial charge >= 0.3 is 0 Å². The number of carbonyl (C=O) groups excluding carboxylic acids is 1. The second-order valence-corrected chi connectivity index (χ2v) is 2.95. The van der Waals surface area contributed by atoms with Gasteiger partial charge in [0.25, 0.3) is 5.91 Å². The van der Waals surface area contributed by atoms with Gasteiger partial charge in [0.2, 0.25) is 5.82 Å². The van der Waals surface area contributed by atoms with Gasteiger partial charge in [-0.1, -0.05) is 0 Å². The van der Waals surface area contributed by atoms with Gasteiger partial charge in [-0.15, -0.1) is 0 Å². The van der Waals surface area contributed by atoms with Crippen molar-refractivity contribution in [1.29, 1.82) is 0 Å². The highest BCUT2D eigenvalue weighted by Gasteiger charge is 2.09. The van der Waals surface area contributed by atoms with Crippen LogP contribution in [0.25, 0.3) is 0 Å². The average molecular weight is 222 g/mol. The van der Waals surface area contributed by atoms with E-state index in [-0.39, 0.29) is 11.5 Å². The molecule has 1 heterocycles. The van der Waals surface area contributed by atoms with Crippen molar-refractivity contribution in [2.75, 3.05) is 5.32 Å². The average Bonchev–Trinajstić information content (AvgIpc) is 2.77. The van der Waals surface area contributed by atoms with Crippen LogP contribution in [0.1, 0.15) is 10.6 Å². The predicted octanol–water partition coefficient (Wildman–Crippen LogP) is 0.902. The molecule has 0 bridgehead atoms. The molecule has 3 N–H and O–H groups in total. The van der Waals surface area contributed by atoms with E-state index in [0.717, 1.165) is 12.1 Å². The molecule has 0 spiro atoms. The van der Waals surface area contributed by atoms with Crippen LogP contribution >= 0.6 is 0 Å².